The van der Waals surface area contributed by atoms with Gasteiger partial charge in [0.1, 0.15) is 22.9 Å². The van der Waals surface area contributed by atoms with Gasteiger partial charge in [0.25, 0.3) is 5.91 Å². The van der Waals surface area contributed by atoms with Gasteiger partial charge in [-0.2, -0.15) is 0 Å². The summed E-state index contributed by atoms with van der Waals surface area (Å²) in [6.45, 7) is 7.69. The van der Waals surface area contributed by atoms with Crippen molar-refractivity contribution in [1.82, 2.24) is 19.5 Å². The van der Waals surface area contributed by atoms with Gasteiger partial charge in [-0.1, -0.05) is 24.3 Å². The molecule has 1 saturated heterocycles. The number of amides is 2. The molecular formula is C34H37FN6O5. The molecule has 5 rings (SSSR count). The summed E-state index contributed by atoms with van der Waals surface area (Å²) in [5.41, 5.74) is 2.03. The number of pyridine rings is 1. The van der Waals surface area contributed by atoms with E-state index in [4.69, 9.17) is 20.3 Å². The number of esters is 1. The van der Waals surface area contributed by atoms with Gasteiger partial charge in [0.2, 0.25) is 0 Å². The lowest BCUT2D eigenvalue weighted by atomic mass is 10.0. The Morgan fingerprint density at radius 2 is 1.70 bits per heavy atom. The molecule has 11 nitrogen and oxygen atoms in total. The molecule has 240 valence electrons. The maximum atomic E-state index is 13.4. The van der Waals surface area contributed by atoms with Crippen molar-refractivity contribution in [3.63, 3.8) is 0 Å². The first-order valence-corrected chi connectivity index (χ1v) is 15.1. The Kier molecular flexibility index (Phi) is 9.36. The highest BCUT2D eigenvalue weighted by molar-refractivity contribution is 6.04. The molecule has 46 heavy (non-hydrogen) atoms. The maximum Gasteiger partial charge on any atom is 0.410 e. The van der Waals surface area contributed by atoms with Gasteiger partial charge < -0.3 is 20.6 Å². The number of nitrogens with one attached hydrogen (secondary N) is 1. The number of anilines is 1. The number of hydrogen-bond donors (Lipinski definition) is 2. The van der Waals surface area contributed by atoms with E-state index in [9.17, 15) is 18.8 Å². The van der Waals surface area contributed by atoms with Gasteiger partial charge >= 0.3 is 12.1 Å². The Bertz CT molecular complexity index is 1730. The van der Waals surface area contributed by atoms with Crippen molar-refractivity contribution in [2.75, 3.05) is 24.3 Å². The van der Waals surface area contributed by atoms with Crippen LogP contribution in [0.5, 0.6) is 0 Å². The quantitative estimate of drug-likeness (QED) is 0.178. The van der Waals surface area contributed by atoms with Crippen molar-refractivity contribution in [3.8, 4) is 22.4 Å². The molecule has 0 bridgehead atoms. The third-order valence-electron chi connectivity index (χ3n) is 7.44. The molecule has 4 aromatic rings. The third-order valence-corrected chi connectivity index (χ3v) is 7.44. The van der Waals surface area contributed by atoms with E-state index in [2.05, 4.69) is 10.3 Å². The van der Waals surface area contributed by atoms with Crippen LogP contribution in [0.3, 0.4) is 0 Å². The zero-order valence-electron chi connectivity index (χ0n) is 26.2. The molecule has 3 heterocycles. The monoisotopic (exact) mass is 628 g/mol. The zero-order valence-corrected chi connectivity index (χ0v) is 26.2. The van der Waals surface area contributed by atoms with Crippen molar-refractivity contribution < 1.29 is 28.2 Å². The van der Waals surface area contributed by atoms with Gasteiger partial charge in [-0.15, -0.1) is 0 Å². The number of hydrogen-bond acceptors (Lipinski definition) is 8. The van der Waals surface area contributed by atoms with Crippen molar-refractivity contribution >= 4 is 23.8 Å². The van der Waals surface area contributed by atoms with Crippen LogP contribution in [-0.4, -0.2) is 56.3 Å². The summed E-state index contributed by atoms with van der Waals surface area (Å²) in [4.78, 5) is 50.0. The standard InChI is InChI=1S/C34H37FN6O5/c1-5-45-32(43)29-28(39-30(41(29)36)26-8-6-7-19-40(26)33(44)46-34(2,3)4)22-9-11-23(12-10-22)31(42)38-27-20-24(17-18-37-27)21-13-15-25(35)16-14-21/h9-18,20,26H,5-8,19,36H2,1-4H3,(H,37,38,42). The second-order valence-corrected chi connectivity index (χ2v) is 11.9. The van der Waals surface area contributed by atoms with E-state index < -0.39 is 29.6 Å². The van der Waals surface area contributed by atoms with E-state index in [1.165, 1.54) is 16.8 Å². The number of nitrogens with two attached hydrogens (primary N) is 1. The Morgan fingerprint density at radius 1 is 1.00 bits per heavy atom. The minimum absolute atomic E-state index is 0.0329. The van der Waals surface area contributed by atoms with E-state index in [0.717, 1.165) is 24.0 Å². The smallest absolute Gasteiger partial charge is 0.410 e. The Hall–Kier alpha value is -5.26. The third kappa shape index (κ3) is 7.17. The molecule has 2 aromatic carbocycles. The Morgan fingerprint density at radius 3 is 2.37 bits per heavy atom. The summed E-state index contributed by atoms with van der Waals surface area (Å²) >= 11 is 0. The van der Waals surface area contributed by atoms with E-state index in [-0.39, 0.29) is 23.8 Å². The van der Waals surface area contributed by atoms with Gasteiger partial charge in [-0.05, 0) is 94.5 Å². The number of imidazole rings is 1. The number of nitrogen functional groups attached to an aromatic ring is 1. The molecule has 2 amide bonds. The van der Waals surface area contributed by atoms with Crippen LogP contribution >= 0.6 is 0 Å². The number of rotatable bonds is 7. The molecule has 0 aliphatic carbocycles. The molecule has 0 radical (unpaired) electrons. The molecule has 1 fully saturated rings. The number of aromatic nitrogens is 3. The van der Waals surface area contributed by atoms with Gasteiger partial charge in [0, 0.05) is 23.9 Å². The van der Waals surface area contributed by atoms with E-state index >= 15 is 0 Å². The second-order valence-electron chi connectivity index (χ2n) is 11.9. The van der Waals surface area contributed by atoms with Crippen molar-refractivity contribution in [3.05, 3.63) is 89.8 Å². The summed E-state index contributed by atoms with van der Waals surface area (Å²) in [7, 11) is 0. The number of likely N-dealkylation sites (tertiary alicyclic amines) is 1. The fourth-order valence-corrected chi connectivity index (χ4v) is 5.31. The predicted octanol–water partition coefficient (Wildman–Crippen LogP) is 6.36. The van der Waals surface area contributed by atoms with Crippen LogP contribution < -0.4 is 11.2 Å². The SMILES string of the molecule is CCOC(=O)c1c(-c2ccc(C(=O)Nc3cc(-c4ccc(F)cc4)ccn3)cc2)nc(C2CCCCN2C(=O)OC(C)(C)C)n1N. The lowest BCUT2D eigenvalue weighted by Crippen LogP contribution is -2.43. The molecule has 3 N–H and O–H groups in total. The fourth-order valence-electron chi connectivity index (χ4n) is 5.31. The van der Waals surface area contributed by atoms with Crippen LogP contribution in [0.1, 0.15) is 79.7 Å². The highest BCUT2D eigenvalue weighted by Crippen LogP contribution is 2.35. The number of carbonyl (C=O) groups is 3. The number of nitrogens with zero attached hydrogens (tertiary/aromatic N) is 4. The second kappa shape index (κ2) is 13.4. The Labute approximate surface area is 266 Å². The summed E-state index contributed by atoms with van der Waals surface area (Å²) in [6, 6.07) is 15.5. The minimum Gasteiger partial charge on any atom is -0.461 e. The van der Waals surface area contributed by atoms with Crippen molar-refractivity contribution in [2.45, 2.75) is 58.6 Å². The van der Waals surface area contributed by atoms with Crippen LogP contribution in [0.4, 0.5) is 15.0 Å². The largest absolute Gasteiger partial charge is 0.461 e. The first kappa shape index (κ1) is 32.1. The first-order valence-electron chi connectivity index (χ1n) is 15.1. The molecule has 0 spiro atoms. The predicted molar refractivity (Wildman–Crippen MR) is 171 cm³/mol. The minimum atomic E-state index is -0.687. The highest BCUT2D eigenvalue weighted by Gasteiger charge is 2.36. The molecule has 1 aliphatic rings. The highest BCUT2D eigenvalue weighted by atomic mass is 19.1. The van der Waals surface area contributed by atoms with Gasteiger partial charge in [-0.3, -0.25) is 9.69 Å². The van der Waals surface area contributed by atoms with E-state index in [1.54, 1.807) is 87.3 Å². The summed E-state index contributed by atoms with van der Waals surface area (Å²) in [6.07, 6.45) is 3.31. The molecular weight excluding hydrogens is 591 g/mol. The first-order chi connectivity index (χ1) is 21.9. The molecule has 0 saturated carbocycles. The number of piperidine rings is 1. The van der Waals surface area contributed by atoms with Gasteiger partial charge in [-0.25, -0.2) is 28.6 Å². The lowest BCUT2D eigenvalue weighted by Gasteiger charge is -2.36. The summed E-state index contributed by atoms with van der Waals surface area (Å²) < 4.78 is 25.5. The van der Waals surface area contributed by atoms with Crippen LogP contribution in [0.2, 0.25) is 0 Å². The number of halogens is 1. The van der Waals surface area contributed by atoms with Crippen LogP contribution in [0.25, 0.3) is 22.4 Å². The van der Waals surface area contributed by atoms with Gasteiger partial charge in [0.05, 0.1) is 12.6 Å². The number of ether oxygens (including phenoxy) is 2. The number of carbonyl (C=O) groups excluding carboxylic acids is 3. The van der Waals surface area contributed by atoms with E-state index in [1.807, 2.05) is 0 Å². The van der Waals surface area contributed by atoms with Crippen molar-refractivity contribution in [2.24, 2.45) is 0 Å². The molecule has 1 aliphatic heterocycles. The Balaban J connectivity index is 1.41. The lowest BCUT2D eigenvalue weighted by molar-refractivity contribution is 0.00820. The van der Waals surface area contributed by atoms with Crippen LogP contribution in [-0.2, 0) is 9.47 Å². The van der Waals surface area contributed by atoms with Gasteiger partial charge in [0.15, 0.2) is 11.5 Å². The van der Waals surface area contributed by atoms with Crippen LogP contribution in [0.15, 0.2) is 66.9 Å². The average Bonchev–Trinajstić information content (AvgIpc) is 3.37. The summed E-state index contributed by atoms with van der Waals surface area (Å²) in [5, 5.41) is 2.79. The van der Waals surface area contributed by atoms with Crippen LogP contribution in [0, 0.1) is 5.82 Å². The fraction of sp³-hybridized carbons (Fsp3) is 0.324. The molecule has 2 aromatic heterocycles. The molecule has 1 unspecified atom stereocenters. The normalized spacial score (nSPS) is 14.9. The zero-order chi connectivity index (χ0) is 33.0. The topological polar surface area (TPSA) is 142 Å². The average molecular weight is 629 g/mol. The number of benzene rings is 2. The van der Waals surface area contributed by atoms with Crippen molar-refractivity contribution in [1.29, 1.82) is 0 Å². The van der Waals surface area contributed by atoms with E-state index in [0.29, 0.717) is 35.7 Å². The molecule has 12 heteroatoms. The molecule has 1 atom stereocenters. The summed E-state index contributed by atoms with van der Waals surface area (Å²) in [5.74, 6) is 5.76. The maximum absolute atomic E-state index is 13.4.